The number of amides is 1. The number of fused-ring (bicyclic) bond motifs is 1. The molecular formula is C25H28N2O2. The van der Waals surface area contributed by atoms with Gasteiger partial charge in [-0.15, -0.1) is 0 Å². The van der Waals surface area contributed by atoms with Crippen molar-refractivity contribution in [2.45, 2.75) is 25.3 Å². The van der Waals surface area contributed by atoms with Crippen molar-refractivity contribution in [2.75, 3.05) is 26.7 Å². The second-order valence-electron chi connectivity index (χ2n) is 7.62. The van der Waals surface area contributed by atoms with Crippen molar-refractivity contribution in [3.05, 3.63) is 77.9 Å². The van der Waals surface area contributed by atoms with Crippen molar-refractivity contribution in [1.82, 2.24) is 10.2 Å². The molecule has 1 atom stereocenters. The van der Waals surface area contributed by atoms with Crippen LogP contribution in [0.15, 0.2) is 66.7 Å². The topological polar surface area (TPSA) is 41.6 Å². The monoisotopic (exact) mass is 388 g/mol. The van der Waals surface area contributed by atoms with Crippen LogP contribution in [0.4, 0.5) is 0 Å². The molecule has 1 fully saturated rings. The third-order valence-corrected chi connectivity index (χ3v) is 5.80. The quantitative estimate of drug-likeness (QED) is 0.654. The molecule has 1 heterocycles. The van der Waals surface area contributed by atoms with Gasteiger partial charge in [0.05, 0.1) is 19.6 Å². The SMILES string of the molecule is COc1ccccc1C(CNC(=O)Cc1cccc2ccccc12)N1CCCC1. The molecule has 4 nitrogen and oxygen atoms in total. The summed E-state index contributed by atoms with van der Waals surface area (Å²) in [4.78, 5) is 15.3. The third-order valence-electron chi connectivity index (χ3n) is 5.80. The average Bonchev–Trinajstić information content (AvgIpc) is 3.29. The van der Waals surface area contributed by atoms with Gasteiger partial charge in [-0.3, -0.25) is 9.69 Å². The largest absolute Gasteiger partial charge is 0.496 e. The van der Waals surface area contributed by atoms with Gasteiger partial charge in [0.1, 0.15) is 5.75 Å². The molecule has 1 N–H and O–H groups in total. The number of ether oxygens (including phenoxy) is 1. The van der Waals surface area contributed by atoms with Crippen molar-refractivity contribution < 1.29 is 9.53 Å². The summed E-state index contributed by atoms with van der Waals surface area (Å²) in [7, 11) is 1.71. The summed E-state index contributed by atoms with van der Waals surface area (Å²) in [6.45, 7) is 2.70. The molecule has 3 aromatic rings. The highest BCUT2D eigenvalue weighted by Crippen LogP contribution is 2.31. The second kappa shape index (κ2) is 9.10. The van der Waals surface area contributed by atoms with Gasteiger partial charge >= 0.3 is 0 Å². The number of rotatable bonds is 7. The fraction of sp³-hybridized carbons (Fsp3) is 0.320. The Hall–Kier alpha value is -2.85. The van der Waals surface area contributed by atoms with Crippen LogP contribution in [0.3, 0.4) is 0 Å². The van der Waals surface area contributed by atoms with Crippen LogP contribution in [0.1, 0.15) is 30.0 Å². The molecule has 1 unspecified atom stereocenters. The fourth-order valence-electron chi connectivity index (χ4n) is 4.32. The van der Waals surface area contributed by atoms with Gasteiger partial charge in [-0.2, -0.15) is 0 Å². The van der Waals surface area contributed by atoms with E-state index in [1.165, 1.54) is 18.2 Å². The molecule has 1 saturated heterocycles. The number of para-hydroxylation sites is 1. The van der Waals surface area contributed by atoms with Crippen molar-refractivity contribution in [3.8, 4) is 5.75 Å². The highest BCUT2D eigenvalue weighted by Gasteiger charge is 2.26. The molecule has 29 heavy (non-hydrogen) atoms. The lowest BCUT2D eigenvalue weighted by molar-refractivity contribution is -0.120. The van der Waals surface area contributed by atoms with Crippen LogP contribution < -0.4 is 10.1 Å². The maximum atomic E-state index is 12.8. The van der Waals surface area contributed by atoms with E-state index in [2.05, 4.69) is 34.5 Å². The van der Waals surface area contributed by atoms with Crippen LogP contribution in [0.2, 0.25) is 0 Å². The summed E-state index contributed by atoms with van der Waals surface area (Å²) in [5, 5.41) is 5.50. The number of methoxy groups -OCH3 is 1. The van der Waals surface area contributed by atoms with Gasteiger partial charge in [-0.1, -0.05) is 60.7 Å². The Morgan fingerprint density at radius 1 is 1.00 bits per heavy atom. The molecule has 4 heteroatoms. The molecule has 1 amide bonds. The normalized spacial score (nSPS) is 15.3. The van der Waals surface area contributed by atoms with Gasteiger partial charge < -0.3 is 10.1 Å². The number of nitrogens with zero attached hydrogens (tertiary/aromatic N) is 1. The Kier molecular flexibility index (Phi) is 6.11. The molecular weight excluding hydrogens is 360 g/mol. The van der Waals surface area contributed by atoms with E-state index in [9.17, 15) is 4.79 Å². The highest BCUT2D eigenvalue weighted by molar-refractivity contribution is 5.90. The van der Waals surface area contributed by atoms with Gasteiger partial charge in [-0.25, -0.2) is 0 Å². The Morgan fingerprint density at radius 3 is 2.55 bits per heavy atom. The standard InChI is InChI=1S/C25H28N2O2/c1-29-24-14-5-4-13-22(24)23(27-15-6-7-16-27)18-26-25(28)17-20-11-8-10-19-9-2-3-12-21(19)20/h2-5,8-14,23H,6-7,15-18H2,1H3,(H,26,28). The molecule has 0 radical (unpaired) electrons. The van der Waals surface area contributed by atoms with Crippen LogP contribution in [0, 0.1) is 0 Å². The lowest BCUT2D eigenvalue weighted by Crippen LogP contribution is -2.37. The average molecular weight is 389 g/mol. The minimum Gasteiger partial charge on any atom is -0.496 e. The van der Waals surface area contributed by atoms with Gasteiger partial charge in [0.25, 0.3) is 0 Å². The maximum Gasteiger partial charge on any atom is 0.224 e. The summed E-state index contributed by atoms with van der Waals surface area (Å²) < 4.78 is 5.60. The Labute approximate surface area is 172 Å². The molecule has 0 spiro atoms. The first-order valence-corrected chi connectivity index (χ1v) is 10.4. The molecule has 1 aliphatic heterocycles. The highest BCUT2D eigenvalue weighted by atomic mass is 16.5. The number of hydrogen-bond acceptors (Lipinski definition) is 3. The molecule has 1 aliphatic rings. The first kappa shape index (κ1) is 19.5. The maximum absolute atomic E-state index is 12.8. The van der Waals surface area contributed by atoms with Gasteiger partial charge in [0.15, 0.2) is 0 Å². The van der Waals surface area contributed by atoms with Crippen molar-refractivity contribution in [3.63, 3.8) is 0 Å². The summed E-state index contributed by atoms with van der Waals surface area (Å²) in [6, 6.07) is 22.6. The molecule has 3 aromatic carbocycles. The zero-order valence-corrected chi connectivity index (χ0v) is 16.9. The van der Waals surface area contributed by atoms with Crippen molar-refractivity contribution in [1.29, 1.82) is 0 Å². The zero-order chi connectivity index (χ0) is 20.1. The van der Waals surface area contributed by atoms with E-state index in [-0.39, 0.29) is 11.9 Å². The number of carbonyl (C=O) groups excluding carboxylic acids is 1. The van der Waals surface area contributed by atoms with E-state index in [0.29, 0.717) is 13.0 Å². The Balaban J connectivity index is 1.49. The second-order valence-corrected chi connectivity index (χ2v) is 7.62. The van der Waals surface area contributed by atoms with E-state index in [4.69, 9.17) is 4.74 Å². The van der Waals surface area contributed by atoms with E-state index >= 15 is 0 Å². The Morgan fingerprint density at radius 2 is 1.72 bits per heavy atom. The Bertz CT molecular complexity index is 974. The molecule has 0 saturated carbocycles. The molecule has 4 rings (SSSR count). The minimum atomic E-state index is 0.0560. The van der Waals surface area contributed by atoms with Gasteiger partial charge in [0, 0.05) is 12.1 Å². The molecule has 0 aliphatic carbocycles. The molecule has 150 valence electrons. The van der Waals surface area contributed by atoms with Crippen LogP contribution in [-0.4, -0.2) is 37.6 Å². The number of carbonyl (C=O) groups is 1. The first-order valence-electron chi connectivity index (χ1n) is 10.4. The number of nitrogens with one attached hydrogen (secondary N) is 1. The summed E-state index contributed by atoms with van der Waals surface area (Å²) in [5.74, 6) is 0.938. The number of benzene rings is 3. The lowest BCUT2D eigenvalue weighted by atomic mass is 10.0. The molecule has 0 aromatic heterocycles. The van der Waals surface area contributed by atoms with Gasteiger partial charge in [0.2, 0.25) is 5.91 Å². The molecule has 0 bridgehead atoms. The van der Waals surface area contributed by atoms with Crippen molar-refractivity contribution >= 4 is 16.7 Å². The fourth-order valence-corrected chi connectivity index (χ4v) is 4.32. The van der Waals surface area contributed by atoms with Crippen LogP contribution in [0.25, 0.3) is 10.8 Å². The zero-order valence-electron chi connectivity index (χ0n) is 16.9. The third kappa shape index (κ3) is 4.43. The van der Waals surface area contributed by atoms with Crippen LogP contribution in [0.5, 0.6) is 5.75 Å². The van der Waals surface area contributed by atoms with E-state index < -0.39 is 0 Å². The summed E-state index contributed by atoms with van der Waals surface area (Å²) in [6.07, 6.45) is 2.80. The predicted molar refractivity (Wildman–Crippen MR) is 117 cm³/mol. The van der Waals surface area contributed by atoms with Gasteiger partial charge in [-0.05, 0) is 48.3 Å². The predicted octanol–water partition coefficient (Wildman–Crippen LogP) is 4.34. The van der Waals surface area contributed by atoms with Crippen LogP contribution >= 0.6 is 0 Å². The summed E-state index contributed by atoms with van der Waals surface area (Å²) in [5.41, 5.74) is 2.21. The number of hydrogen-bond donors (Lipinski definition) is 1. The van der Waals surface area contributed by atoms with Crippen molar-refractivity contribution in [2.24, 2.45) is 0 Å². The van der Waals surface area contributed by atoms with E-state index in [1.54, 1.807) is 7.11 Å². The van der Waals surface area contributed by atoms with E-state index in [0.717, 1.165) is 35.4 Å². The smallest absolute Gasteiger partial charge is 0.224 e. The first-order chi connectivity index (χ1) is 14.3. The minimum absolute atomic E-state index is 0.0560. The van der Waals surface area contributed by atoms with E-state index in [1.807, 2.05) is 42.5 Å². The number of likely N-dealkylation sites (tertiary alicyclic amines) is 1. The summed E-state index contributed by atoms with van der Waals surface area (Å²) >= 11 is 0. The van der Waals surface area contributed by atoms with Crippen LogP contribution in [-0.2, 0) is 11.2 Å². The lowest BCUT2D eigenvalue weighted by Gasteiger charge is -2.29.